The van der Waals surface area contributed by atoms with Gasteiger partial charge in [0.2, 0.25) is 0 Å². The summed E-state index contributed by atoms with van der Waals surface area (Å²) >= 11 is 0. The number of aromatic amines is 1. The van der Waals surface area contributed by atoms with E-state index in [2.05, 4.69) is 4.98 Å². The van der Waals surface area contributed by atoms with Crippen molar-refractivity contribution >= 4 is 11.9 Å². The second-order valence-electron chi connectivity index (χ2n) is 5.72. The lowest BCUT2D eigenvalue weighted by Gasteiger charge is -2.10. The molecule has 0 spiro atoms. The van der Waals surface area contributed by atoms with Gasteiger partial charge in [0.25, 0.3) is 0 Å². The lowest BCUT2D eigenvalue weighted by atomic mass is 10.1. The molecule has 0 amide bonds. The first kappa shape index (κ1) is 15.3. The number of H-pyrrole nitrogens is 1. The lowest BCUT2D eigenvalue weighted by molar-refractivity contribution is -0.146. The van der Waals surface area contributed by atoms with Crippen LogP contribution in [0.1, 0.15) is 52.3 Å². The zero-order valence-corrected chi connectivity index (χ0v) is 13.2. The van der Waals surface area contributed by atoms with Gasteiger partial charge in [-0.3, -0.25) is 4.79 Å². The van der Waals surface area contributed by atoms with Gasteiger partial charge in [0, 0.05) is 6.92 Å². The van der Waals surface area contributed by atoms with E-state index in [1.165, 1.54) is 6.92 Å². The van der Waals surface area contributed by atoms with Gasteiger partial charge in [-0.25, -0.2) is 4.79 Å². The largest absolute Gasteiger partial charge is 0.456 e. The molecule has 0 saturated heterocycles. The summed E-state index contributed by atoms with van der Waals surface area (Å²) in [4.78, 5) is 26.6. The van der Waals surface area contributed by atoms with Crippen molar-refractivity contribution in [2.45, 2.75) is 39.4 Å². The average Bonchev–Trinajstić information content (AvgIpc) is 3.07. The second kappa shape index (κ2) is 6.28. The highest BCUT2D eigenvalue weighted by atomic mass is 16.5. The Bertz CT molecular complexity index is 733. The molecule has 0 fully saturated rings. The number of esters is 2. The van der Waals surface area contributed by atoms with Gasteiger partial charge in [-0.05, 0) is 36.5 Å². The van der Waals surface area contributed by atoms with Crippen LogP contribution in [-0.2, 0) is 27.3 Å². The van der Waals surface area contributed by atoms with Crippen LogP contribution in [0.3, 0.4) is 0 Å². The minimum absolute atomic E-state index is 0.232. The Hall–Kier alpha value is -2.56. The molecule has 1 aromatic carbocycles. The number of hydrogen-bond acceptors (Lipinski definition) is 4. The maximum atomic E-state index is 12.3. The summed E-state index contributed by atoms with van der Waals surface area (Å²) in [5.41, 5.74) is 4.15. The number of carbonyl (C=O) groups excluding carboxylic acids is 2. The molecule has 1 N–H and O–H groups in total. The number of aromatic nitrogens is 1. The van der Waals surface area contributed by atoms with Crippen LogP contribution in [0.5, 0.6) is 0 Å². The third kappa shape index (κ3) is 3.13. The molecule has 5 heteroatoms. The molecular formula is C18H19NO4. The fraction of sp³-hybridized carbons (Fsp3) is 0.333. The lowest BCUT2D eigenvalue weighted by Crippen LogP contribution is -2.09. The van der Waals surface area contributed by atoms with Gasteiger partial charge in [-0.15, -0.1) is 0 Å². The minimum Gasteiger partial charge on any atom is -0.456 e. The number of ether oxygens (including phenoxy) is 2. The maximum absolute atomic E-state index is 12.3. The van der Waals surface area contributed by atoms with Gasteiger partial charge < -0.3 is 14.5 Å². The Morgan fingerprint density at radius 3 is 2.70 bits per heavy atom. The highest BCUT2D eigenvalue weighted by molar-refractivity contribution is 5.90. The second-order valence-corrected chi connectivity index (χ2v) is 5.72. The fourth-order valence-electron chi connectivity index (χ4n) is 2.99. The number of benzene rings is 1. The van der Waals surface area contributed by atoms with E-state index in [-0.39, 0.29) is 24.6 Å². The maximum Gasteiger partial charge on any atom is 0.355 e. The third-order valence-electron chi connectivity index (χ3n) is 4.12. The summed E-state index contributed by atoms with van der Waals surface area (Å²) in [5.74, 6) is -0.703. The van der Waals surface area contributed by atoms with Crippen LogP contribution in [0.4, 0.5) is 0 Å². The molecule has 0 bridgehead atoms. The van der Waals surface area contributed by atoms with E-state index in [9.17, 15) is 9.59 Å². The van der Waals surface area contributed by atoms with Gasteiger partial charge in [0.1, 0.15) is 18.4 Å². The molecule has 1 atom stereocenters. The molecule has 23 heavy (non-hydrogen) atoms. The summed E-state index contributed by atoms with van der Waals surface area (Å²) < 4.78 is 10.7. The van der Waals surface area contributed by atoms with E-state index in [1.54, 1.807) is 0 Å². The van der Waals surface area contributed by atoms with Crippen molar-refractivity contribution in [2.24, 2.45) is 0 Å². The number of hydrogen-bond donors (Lipinski definition) is 1. The fourth-order valence-corrected chi connectivity index (χ4v) is 2.99. The molecular weight excluding hydrogens is 294 g/mol. The Morgan fingerprint density at radius 1 is 1.26 bits per heavy atom. The van der Waals surface area contributed by atoms with Crippen LogP contribution >= 0.6 is 0 Å². The van der Waals surface area contributed by atoms with Gasteiger partial charge in [0.15, 0.2) is 0 Å². The SMILES string of the molecule is CC(=O)OC1CCc2c1[nH]c(C(=O)OCc1ccccc1)c2C. The summed E-state index contributed by atoms with van der Waals surface area (Å²) in [7, 11) is 0. The number of rotatable bonds is 4. The van der Waals surface area contributed by atoms with Crippen molar-refractivity contribution in [3.63, 3.8) is 0 Å². The normalized spacial score (nSPS) is 16.0. The number of nitrogens with one attached hydrogen (secondary N) is 1. The average molecular weight is 313 g/mol. The molecule has 1 heterocycles. The molecule has 0 saturated carbocycles. The van der Waals surface area contributed by atoms with E-state index < -0.39 is 0 Å². The Morgan fingerprint density at radius 2 is 2.00 bits per heavy atom. The summed E-state index contributed by atoms with van der Waals surface area (Å²) in [5, 5.41) is 0. The van der Waals surface area contributed by atoms with Gasteiger partial charge in [0.05, 0.1) is 5.69 Å². The smallest absolute Gasteiger partial charge is 0.355 e. The van der Waals surface area contributed by atoms with E-state index in [4.69, 9.17) is 9.47 Å². The minimum atomic E-state index is -0.387. The van der Waals surface area contributed by atoms with Crippen LogP contribution in [0, 0.1) is 6.92 Å². The summed E-state index contributed by atoms with van der Waals surface area (Å²) in [6.07, 6.45) is 1.25. The Balaban J connectivity index is 1.73. The monoisotopic (exact) mass is 313 g/mol. The van der Waals surface area contributed by atoms with E-state index in [0.29, 0.717) is 5.69 Å². The van der Waals surface area contributed by atoms with Crippen LogP contribution < -0.4 is 0 Å². The summed E-state index contributed by atoms with van der Waals surface area (Å²) in [6.45, 7) is 3.52. The summed E-state index contributed by atoms with van der Waals surface area (Å²) in [6, 6.07) is 9.54. The molecule has 0 aliphatic heterocycles. The molecule has 1 aromatic heterocycles. The molecule has 1 aliphatic carbocycles. The molecule has 2 aromatic rings. The standard InChI is InChI=1S/C18H19NO4/c1-11-14-8-9-15(23-12(2)20)17(14)19-16(11)18(21)22-10-13-6-4-3-5-7-13/h3-7,15,19H,8-10H2,1-2H3. The highest BCUT2D eigenvalue weighted by Gasteiger charge is 2.31. The molecule has 120 valence electrons. The van der Waals surface area contributed by atoms with Crippen molar-refractivity contribution in [2.75, 3.05) is 0 Å². The van der Waals surface area contributed by atoms with Crippen LogP contribution in [0.15, 0.2) is 30.3 Å². The Labute approximate surface area is 134 Å². The molecule has 3 rings (SSSR count). The van der Waals surface area contributed by atoms with Crippen LogP contribution in [0.25, 0.3) is 0 Å². The number of fused-ring (bicyclic) bond motifs is 1. The predicted octanol–water partition coefficient (Wildman–Crippen LogP) is 3.23. The first-order valence-corrected chi connectivity index (χ1v) is 7.66. The van der Waals surface area contributed by atoms with Crippen molar-refractivity contribution in [3.8, 4) is 0 Å². The van der Waals surface area contributed by atoms with Crippen LogP contribution in [0.2, 0.25) is 0 Å². The Kier molecular flexibility index (Phi) is 4.19. The molecule has 5 nitrogen and oxygen atoms in total. The van der Waals surface area contributed by atoms with Crippen molar-refractivity contribution in [1.82, 2.24) is 4.98 Å². The first-order valence-electron chi connectivity index (χ1n) is 7.66. The van der Waals surface area contributed by atoms with Crippen LogP contribution in [-0.4, -0.2) is 16.9 Å². The topological polar surface area (TPSA) is 68.4 Å². The first-order chi connectivity index (χ1) is 11.1. The van der Waals surface area contributed by atoms with E-state index in [0.717, 1.165) is 35.2 Å². The van der Waals surface area contributed by atoms with Gasteiger partial charge in [-0.1, -0.05) is 30.3 Å². The van der Waals surface area contributed by atoms with Gasteiger partial charge in [-0.2, -0.15) is 0 Å². The molecule has 0 radical (unpaired) electrons. The zero-order chi connectivity index (χ0) is 16.4. The van der Waals surface area contributed by atoms with E-state index in [1.807, 2.05) is 37.3 Å². The predicted molar refractivity (Wildman–Crippen MR) is 83.9 cm³/mol. The highest BCUT2D eigenvalue weighted by Crippen LogP contribution is 2.37. The van der Waals surface area contributed by atoms with E-state index >= 15 is 0 Å². The van der Waals surface area contributed by atoms with Crippen molar-refractivity contribution in [3.05, 3.63) is 58.4 Å². The molecule has 1 aliphatic rings. The van der Waals surface area contributed by atoms with Crippen molar-refractivity contribution in [1.29, 1.82) is 0 Å². The molecule has 1 unspecified atom stereocenters. The zero-order valence-electron chi connectivity index (χ0n) is 13.2. The van der Waals surface area contributed by atoms with Crippen molar-refractivity contribution < 1.29 is 19.1 Å². The van der Waals surface area contributed by atoms with Gasteiger partial charge >= 0.3 is 11.9 Å². The third-order valence-corrected chi connectivity index (χ3v) is 4.12. The quantitative estimate of drug-likeness (QED) is 0.880. The number of carbonyl (C=O) groups is 2.